The normalized spacial score (nSPS) is 14.5. The van der Waals surface area contributed by atoms with E-state index in [-0.39, 0.29) is 17.9 Å². The van der Waals surface area contributed by atoms with E-state index >= 15 is 0 Å². The summed E-state index contributed by atoms with van der Waals surface area (Å²) in [4.78, 5) is 27.8. The summed E-state index contributed by atoms with van der Waals surface area (Å²) in [6.45, 7) is 4.67. The molecule has 2 amide bonds. The molecule has 0 radical (unpaired) electrons. The second kappa shape index (κ2) is 12.3. The summed E-state index contributed by atoms with van der Waals surface area (Å²) in [7, 11) is 1.62. The van der Waals surface area contributed by atoms with E-state index in [0.717, 1.165) is 42.7 Å². The average molecular weight is 453 g/mol. The molecule has 0 bridgehead atoms. The van der Waals surface area contributed by atoms with E-state index in [1.54, 1.807) is 12.0 Å². The van der Waals surface area contributed by atoms with E-state index in [4.69, 9.17) is 9.47 Å². The van der Waals surface area contributed by atoms with Gasteiger partial charge in [-0.3, -0.25) is 9.59 Å². The summed E-state index contributed by atoms with van der Waals surface area (Å²) in [6, 6.07) is 15.2. The minimum absolute atomic E-state index is 0.0487. The van der Waals surface area contributed by atoms with Crippen molar-refractivity contribution in [2.24, 2.45) is 0 Å². The Hall–Kier alpha value is -3.02. The van der Waals surface area contributed by atoms with Crippen molar-refractivity contribution in [2.75, 3.05) is 13.7 Å². The third kappa shape index (κ3) is 7.52. The van der Waals surface area contributed by atoms with Crippen LogP contribution in [0.1, 0.15) is 56.6 Å². The van der Waals surface area contributed by atoms with Gasteiger partial charge >= 0.3 is 0 Å². The van der Waals surface area contributed by atoms with Gasteiger partial charge in [0.25, 0.3) is 0 Å². The molecule has 2 aromatic rings. The summed E-state index contributed by atoms with van der Waals surface area (Å²) in [6.07, 6.45) is 5.23. The van der Waals surface area contributed by atoms with Crippen LogP contribution < -0.4 is 14.8 Å². The number of amides is 2. The second-order valence-corrected chi connectivity index (χ2v) is 8.80. The minimum Gasteiger partial charge on any atom is -0.497 e. The summed E-state index contributed by atoms with van der Waals surface area (Å²) < 4.78 is 11.0. The first-order valence-electron chi connectivity index (χ1n) is 11.9. The van der Waals surface area contributed by atoms with Gasteiger partial charge in [0.05, 0.1) is 13.7 Å². The predicted molar refractivity (Wildman–Crippen MR) is 129 cm³/mol. The summed E-state index contributed by atoms with van der Waals surface area (Å²) in [5, 5.41) is 3.13. The van der Waals surface area contributed by atoms with Crippen LogP contribution in [-0.4, -0.2) is 42.5 Å². The first-order valence-corrected chi connectivity index (χ1v) is 11.9. The molecule has 0 spiro atoms. The van der Waals surface area contributed by atoms with Crippen LogP contribution in [0.4, 0.5) is 0 Å². The first-order chi connectivity index (χ1) is 16.0. The van der Waals surface area contributed by atoms with Gasteiger partial charge in [0.2, 0.25) is 11.8 Å². The van der Waals surface area contributed by atoms with Crippen molar-refractivity contribution >= 4 is 11.8 Å². The molecule has 178 valence electrons. The van der Waals surface area contributed by atoms with E-state index in [2.05, 4.69) is 5.32 Å². The number of hydrogen-bond donors (Lipinski definition) is 1. The fraction of sp³-hybridized carbons (Fsp3) is 0.481. The maximum atomic E-state index is 13.2. The van der Waals surface area contributed by atoms with Crippen LogP contribution in [0, 0.1) is 6.92 Å². The van der Waals surface area contributed by atoms with Crippen LogP contribution >= 0.6 is 0 Å². The molecule has 1 N–H and O–H groups in total. The lowest BCUT2D eigenvalue weighted by atomic mass is 10.1. The number of nitrogens with zero attached hydrogens (tertiary/aromatic N) is 1. The van der Waals surface area contributed by atoms with Crippen LogP contribution in [0.15, 0.2) is 48.5 Å². The molecule has 1 aliphatic carbocycles. The molecule has 0 aromatic heterocycles. The molecule has 0 heterocycles. The van der Waals surface area contributed by atoms with Crippen molar-refractivity contribution in [3.05, 3.63) is 59.7 Å². The highest BCUT2D eigenvalue weighted by Crippen LogP contribution is 2.20. The average Bonchev–Trinajstić information content (AvgIpc) is 3.34. The van der Waals surface area contributed by atoms with Gasteiger partial charge in [-0.2, -0.15) is 0 Å². The van der Waals surface area contributed by atoms with E-state index in [1.807, 2.05) is 62.4 Å². The lowest BCUT2D eigenvalue weighted by Crippen LogP contribution is -2.49. The maximum Gasteiger partial charge on any atom is 0.242 e. The van der Waals surface area contributed by atoms with E-state index in [9.17, 15) is 9.59 Å². The molecule has 1 saturated carbocycles. The zero-order valence-electron chi connectivity index (χ0n) is 20.0. The summed E-state index contributed by atoms with van der Waals surface area (Å²) in [5.41, 5.74) is 2.14. The van der Waals surface area contributed by atoms with Crippen LogP contribution in [0.5, 0.6) is 11.5 Å². The quantitative estimate of drug-likeness (QED) is 0.505. The first kappa shape index (κ1) is 24.6. The van der Waals surface area contributed by atoms with Gasteiger partial charge in [-0.15, -0.1) is 0 Å². The summed E-state index contributed by atoms with van der Waals surface area (Å²) in [5.74, 6) is 1.43. The molecule has 33 heavy (non-hydrogen) atoms. The number of nitrogens with one attached hydrogen (secondary N) is 1. The fourth-order valence-corrected chi connectivity index (χ4v) is 4.09. The monoisotopic (exact) mass is 452 g/mol. The molecule has 6 nitrogen and oxygen atoms in total. The van der Waals surface area contributed by atoms with Gasteiger partial charge in [0.15, 0.2) is 0 Å². The van der Waals surface area contributed by atoms with Gasteiger partial charge < -0.3 is 19.7 Å². The van der Waals surface area contributed by atoms with Crippen molar-refractivity contribution in [1.29, 1.82) is 0 Å². The Balaban J connectivity index is 1.60. The van der Waals surface area contributed by atoms with Gasteiger partial charge in [-0.1, -0.05) is 42.7 Å². The van der Waals surface area contributed by atoms with Crippen LogP contribution in [0.3, 0.4) is 0 Å². The van der Waals surface area contributed by atoms with Gasteiger partial charge in [-0.05, 0) is 62.9 Å². The number of hydrogen-bond acceptors (Lipinski definition) is 4. The van der Waals surface area contributed by atoms with Crippen molar-refractivity contribution in [3.8, 4) is 11.5 Å². The highest BCUT2D eigenvalue weighted by atomic mass is 16.5. The smallest absolute Gasteiger partial charge is 0.242 e. The third-order valence-electron chi connectivity index (χ3n) is 6.21. The molecule has 6 heteroatoms. The molecule has 1 fully saturated rings. The maximum absolute atomic E-state index is 13.2. The number of aryl methyl sites for hydroxylation is 1. The number of benzene rings is 2. The number of rotatable bonds is 11. The number of methoxy groups -OCH3 is 1. The molecule has 1 aliphatic rings. The molecule has 3 rings (SSSR count). The number of carbonyl (C=O) groups is 2. The SMILES string of the molecule is COc1ccc(CN(C(=O)CCCOc2ccc(C)cc2)C(C)C(=O)NC2CCCC2)cc1. The van der Waals surface area contributed by atoms with Crippen LogP contribution in [0.25, 0.3) is 0 Å². The predicted octanol–water partition coefficient (Wildman–Crippen LogP) is 4.64. The lowest BCUT2D eigenvalue weighted by Gasteiger charge is -2.30. The Bertz CT molecular complexity index is 889. The third-order valence-corrected chi connectivity index (χ3v) is 6.21. The molecular weight excluding hydrogens is 416 g/mol. The second-order valence-electron chi connectivity index (χ2n) is 8.80. The molecular formula is C27H36N2O4. The molecule has 0 saturated heterocycles. The van der Waals surface area contributed by atoms with Crippen LogP contribution in [0.2, 0.25) is 0 Å². The Morgan fingerprint density at radius 3 is 2.30 bits per heavy atom. The van der Waals surface area contributed by atoms with Crippen molar-refractivity contribution in [3.63, 3.8) is 0 Å². The topological polar surface area (TPSA) is 67.9 Å². The van der Waals surface area contributed by atoms with E-state index < -0.39 is 6.04 Å². The molecule has 2 aromatic carbocycles. The minimum atomic E-state index is -0.543. The van der Waals surface area contributed by atoms with Crippen molar-refractivity contribution in [1.82, 2.24) is 10.2 Å². The van der Waals surface area contributed by atoms with Gasteiger partial charge in [0, 0.05) is 19.0 Å². The zero-order valence-corrected chi connectivity index (χ0v) is 20.0. The number of ether oxygens (including phenoxy) is 2. The number of carbonyl (C=O) groups excluding carboxylic acids is 2. The van der Waals surface area contributed by atoms with Gasteiger partial charge in [-0.25, -0.2) is 0 Å². The summed E-state index contributed by atoms with van der Waals surface area (Å²) >= 11 is 0. The highest BCUT2D eigenvalue weighted by Gasteiger charge is 2.28. The lowest BCUT2D eigenvalue weighted by molar-refractivity contribution is -0.141. The Kier molecular flexibility index (Phi) is 9.16. The Morgan fingerprint density at radius 2 is 1.67 bits per heavy atom. The van der Waals surface area contributed by atoms with Crippen LogP contribution in [-0.2, 0) is 16.1 Å². The van der Waals surface area contributed by atoms with E-state index in [1.165, 1.54) is 5.56 Å². The standard InChI is InChI=1S/C27H36N2O4/c1-20-10-14-25(15-11-20)33-18-6-9-26(30)29(19-22-12-16-24(32-3)17-13-22)21(2)27(31)28-23-7-4-5-8-23/h10-17,21,23H,4-9,18-19H2,1-3H3,(H,28,31). The molecule has 1 atom stereocenters. The Morgan fingerprint density at radius 1 is 1.03 bits per heavy atom. The zero-order chi connectivity index (χ0) is 23.6. The van der Waals surface area contributed by atoms with Crippen molar-refractivity contribution < 1.29 is 19.1 Å². The van der Waals surface area contributed by atoms with Crippen molar-refractivity contribution in [2.45, 2.75) is 71.0 Å². The Labute approximate surface area is 197 Å². The molecule has 0 aliphatic heterocycles. The fourth-order valence-electron chi connectivity index (χ4n) is 4.09. The van der Waals surface area contributed by atoms with E-state index in [0.29, 0.717) is 26.0 Å². The van der Waals surface area contributed by atoms with Gasteiger partial charge in [0.1, 0.15) is 17.5 Å². The highest BCUT2D eigenvalue weighted by molar-refractivity contribution is 5.87. The largest absolute Gasteiger partial charge is 0.497 e. The molecule has 1 unspecified atom stereocenters.